The predicted molar refractivity (Wildman–Crippen MR) is 104 cm³/mol. The van der Waals surface area contributed by atoms with Gasteiger partial charge in [0.2, 0.25) is 5.89 Å². The molecule has 1 N–H and O–H groups in total. The number of aromatic nitrogens is 3. The number of aliphatic imine (C=N–C) groups is 1. The second-order valence-electron chi connectivity index (χ2n) is 5.02. The Bertz CT molecular complexity index is 653. The Balaban J connectivity index is 0.00000264. The van der Waals surface area contributed by atoms with Crippen molar-refractivity contribution in [1.29, 1.82) is 0 Å². The maximum Gasteiger partial charge on any atom is 0.223 e. The van der Waals surface area contributed by atoms with Crippen LogP contribution in [0.5, 0.6) is 0 Å². The van der Waals surface area contributed by atoms with Crippen LogP contribution in [0, 0.1) is 6.92 Å². The molecule has 128 valence electrons. The first-order valence-electron chi connectivity index (χ1n) is 7.09. The first-order valence-corrected chi connectivity index (χ1v) is 7.88. The standard InChI is InChI=1S/C14H21BrN6O.HI/c1-5-16-14(17-7-13-18-10(2)22-19-13)21(4)9-12-6-11(15)8-20(12)3;/h6,8H,5,7,9H2,1-4H3,(H,16,17);1H. The Kier molecular flexibility index (Phi) is 8.03. The van der Waals surface area contributed by atoms with Gasteiger partial charge in [-0.05, 0) is 28.9 Å². The van der Waals surface area contributed by atoms with Gasteiger partial charge < -0.3 is 19.3 Å². The number of rotatable bonds is 5. The van der Waals surface area contributed by atoms with E-state index in [0.29, 0.717) is 18.3 Å². The summed E-state index contributed by atoms with van der Waals surface area (Å²) in [5.74, 6) is 1.95. The predicted octanol–water partition coefficient (Wildman–Crippen LogP) is 2.69. The molecule has 0 amide bonds. The molecule has 2 rings (SSSR count). The minimum Gasteiger partial charge on any atom is -0.357 e. The van der Waals surface area contributed by atoms with Gasteiger partial charge in [0.1, 0.15) is 6.54 Å². The molecule has 2 aromatic rings. The molecule has 0 aliphatic heterocycles. The molecule has 23 heavy (non-hydrogen) atoms. The first-order chi connectivity index (χ1) is 10.5. The van der Waals surface area contributed by atoms with Crippen LogP contribution in [0.3, 0.4) is 0 Å². The molecule has 0 bridgehead atoms. The fraction of sp³-hybridized carbons (Fsp3) is 0.500. The molecule has 2 heterocycles. The van der Waals surface area contributed by atoms with Gasteiger partial charge in [-0.1, -0.05) is 5.16 Å². The number of nitrogens with one attached hydrogen (secondary N) is 1. The molecule has 0 radical (unpaired) electrons. The lowest BCUT2D eigenvalue weighted by molar-refractivity contribution is 0.387. The average molecular weight is 497 g/mol. The van der Waals surface area contributed by atoms with Gasteiger partial charge in [0.15, 0.2) is 11.8 Å². The number of nitrogens with zero attached hydrogens (tertiary/aromatic N) is 5. The number of hydrogen-bond acceptors (Lipinski definition) is 4. The molecule has 0 aliphatic carbocycles. The molecule has 7 nitrogen and oxygen atoms in total. The highest BCUT2D eigenvalue weighted by molar-refractivity contribution is 14.0. The second kappa shape index (κ2) is 9.26. The Hall–Kier alpha value is -1.10. The van der Waals surface area contributed by atoms with E-state index >= 15 is 0 Å². The zero-order valence-corrected chi connectivity index (χ0v) is 17.6. The van der Waals surface area contributed by atoms with Crippen molar-refractivity contribution in [2.75, 3.05) is 13.6 Å². The molecule has 0 spiro atoms. The number of hydrogen-bond donors (Lipinski definition) is 1. The van der Waals surface area contributed by atoms with E-state index in [9.17, 15) is 0 Å². The van der Waals surface area contributed by atoms with Gasteiger partial charge in [-0.25, -0.2) is 4.99 Å². The smallest absolute Gasteiger partial charge is 0.223 e. The van der Waals surface area contributed by atoms with Gasteiger partial charge in [-0.15, -0.1) is 24.0 Å². The quantitative estimate of drug-likeness (QED) is 0.391. The topological polar surface area (TPSA) is 71.5 Å². The van der Waals surface area contributed by atoms with E-state index in [2.05, 4.69) is 51.9 Å². The second-order valence-corrected chi connectivity index (χ2v) is 5.93. The summed E-state index contributed by atoms with van der Waals surface area (Å²) in [5, 5.41) is 7.13. The highest BCUT2D eigenvalue weighted by Crippen LogP contribution is 2.15. The zero-order valence-electron chi connectivity index (χ0n) is 13.7. The van der Waals surface area contributed by atoms with Crippen molar-refractivity contribution in [3.8, 4) is 0 Å². The Morgan fingerprint density at radius 3 is 2.78 bits per heavy atom. The molecule has 0 saturated carbocycles. The number of aryl methyl sites for hydroxylation is 2. The van der Waals surface area contributed by atoms with Crippen LogP contribution in [0.25, 0.3) is 0 Å². The SMILES string of the molecule is CCNC(=NCc1noc(C)n1)N(C)Cc1cc(Br)cn1C.I. The van der Waals surface area contributed by atoms with Crippen molar-refractivity contribution in [2.45, 2.75) is 26.9 Å². The van der Waals surface area contributed by atoms with Crippen molar-refractivity contribution in [2.24, 2.45) is 12.0 Å². The van der Waals surface area contributed by atoms with Gasteiger partial charge in [-0.3, -0.25) is 0 Å². The molecule has 0 fully saturated rings. The highest BCUT2D eigenvalue weighted by Gasteiger charge is 2.10. The monoisotopic (exact) mass is 496 g/mol. The summed E-state index contributed by atoms with van der Waals surface area (Å²) in [6.45, 7) is 5.75. The molecule has 0 atom stereocenters. The summed E-state index contributed by atoms with van der Waals surface area (Å²) in [4.78, 5) is 10.8. The maximum absolute atomic E-state index is 4.96. The van der Waals surface area contributed by atoms with Crippen LogP contribution in [-0.4, -0.2) is 39.2 Å². The lowest BCUT2D eigenvalue weighted by Gasteiger charge is -2.22. The van der Waals surface area contributed by atoms with Crippen LogP contribution in [0.1, 0.15) is 24.3 Å². The normalized spacial score (nSPS) is 11.3. The minimum atomic E-state index is 0. The fourth-order valence-corrected chi connectivity index (χ4v) is 2.63. The van der Waals surface area contributed by atoms with E-state index in [0.717, 1.165) is 23.5 Å². The summed E-state index contributed by atoms with van der Waals surface area (Å²) >= 11 is 3.49. The van der Waals surface area contributed by atoms with Crippen molar-refractivity contribution >= 4 is 45.9 Å². The van der Waals surface area contributed by atoms with E-state index in [1.807, 2.05) is 27.2 Å². The molecular weight excluding hydrogens is 475 g/mol. The van der Waals surface area contributed by atoms with Crippen molar-refractivity contribution in [1.82, 2.24) is 24.9 Å². The summed E-state index contributed by atoms with van der Waals surface area (Å²) < 4.78 is 8.12. The maximum atomic E-state index is 4.96. The highest BCUT2D eigenvalue weighted by atomic mass is 127. The summed E-state index contributed by atoms with van der Waals surface area (Å²) in [5.41, 5.74) is 1.19. The van der Waals surface area contributed by atoms with E-state index in [1.54, 1.807) is 6.92 Å². The molecular formula is C14H22BrIN6O. The Labute approximate surface area is 161 Å². The van der Waals surface area contributed by atoms with Crippen LogP contribution in [0.2, 0.25) is 0 Å². The summed E-state index contributed by atoms with van der Waals surface area (Å²) in [6.07, 6.45) is 2.04. The third-order valence-corrected chi connectivity index (χ3v) is 3.54. The van der Waals surface area contributed by atoms with Gasteiger partial charge in [0.25, 0.3) is 0 Å². The van der Waals surface area contributed by atoms with E-state index in [4.69, 9.17) is 4.52 Å². The first kappa shape index (κ1) is 19.9. The summed E-state index contributed by atoms with van der Waals surface area (Å²) in [7, 11) is 4.03. The fourth-order valence-electron chi connectivity index (χ4n) is 2.06. The van der Waals surface area contributed by atoms with Gasteiger partial charge in [0, 0.05) is 43.9 Å². The van der Waals surface area contributed by atoms with Crippen molar-refractivity contribution in [3.05, 3.63) is 34.1 Å². The Morgan fingerprint density at radius 2 is 2.26 bits per heavy atom. The van der Waals surface area contributed by atoms with Crippen LogP contribution in [-0.2, 0) is 20.1 Å². The zero-order chi connectivity index (χ0) is 16.1. The van der Waals surface area contributed by atoms with Crippen LogP contribution in [0.15, 0.2) is 26.3 Å². The lowest BCUT2D eigenvalue weighted by Crippen LogP contribution is -2.38. The van der Waals surface area contributed by atoms with Gasteiger partial charge >= 0.3 is 0 Å². The van der Waals surface area contributed by atoms with Gasteiger partial charge in [0.05, 0.1) is 6.54 Å². The van der Waals surface area contributed by atoms with Crippen molar-refractivity contribution in [3.63, 3.8) is 0 Å². The molecule has 0 saturated heterocycles. The average Bonchev–Trinajstić information content (AvgIpc) is 3.00. The van der Waals surface area contributed by atoms with Crippen LogP contribution >= 0.6 is 39.9 Å². The molecule has 9 heteroatoms. The van der Waals surface area contributed by atoms with Crippen LogP contribution in [0.4, 0.5) is 0 Å². The molecule has 2 aromatic heterocycles. The minimum absolute atomic E-state index is 0. The van der Waals surface area contributed by atoms with E-state index in [1.165, 1.54) is 5.69 Å². The van der Waals surface area contributed by atoms with E-state index in [-0.39, 0.29) is 24.0 Å². The molecule has 0 unspecified atom stereocenters. The number of halogens is 2. The molecule has 0 aliphatic rings. The third kappa shape index (κ3) is 5.79. The summed E-state index contributed by atoms with van der Waals surface area (Å²) in [6, 6.07) is 2.10. The van der Waals surface area contributed by atoms with Crippen molar-refractivity contribution < 1.29 is 4.52 Å². The Morgan fingerprint density at radius 1 is 1.52 bits per heavy atom. The largest absolute Gasteiger partial charge is 0.357 e. The van der Waals surface area contributed by atoms with Crippen LogP contribution < -0.4 is 5.32 Å². The van der Waals surface area contributed by atoms with Gasteiger partial charge in [-0.2, -0.15) is 4.98 Å². The molecule has 0 aromatic carbocycles. The third-order valence-electron chi connectivity index (χ3n) is 3.11. The van der Waals surface area contributed by atoms with E-state index < -0.39 is 0 Å². The lowest BCUT2D eigenvalue weighted by atomic mass is 10.4. The number of guanidine groups is 1.